The van der Waals surface area contributed by atoms with Crippen LogP contribution in [0.4, 0.5) is 0 Å². The zero-order chi connectivity index (χ0) is 12.5. The number of hydrogen-bond acceptors (Lipinski definition) is 4. The van der Waals surface area contributed by atoms with Gasteiger partial charge in [0.15, 0.2) is 0 Å². The first-order chi connectivity index (χ1) is 8.08. The van der Waals surface area contributed by atoms with Gasteiger partial charge in [-0.1, -0.05) is 18.2 Å². The fraction of sp³-hybridized carbons (Fsp3) is 0.385. The van der Waals surface area contributed by atoms with E-state index in [0.29, 0.717) is 17.9 Å². The second kappa shape index (κ2) is 4.20. The van der Waals surface area contributed by atoms with Crippen LogP contribution in [0.1, 0.15) is 25.8 Å². The fourth-order valence-electron chi connectivity index (χ4n) is 2.02. The van der Waals surface area contributed by atoms with Crippen molar-refractivity contribution in [1.29, 1.82) is 0 Å². The summed E-state index contributed by atoms with van der Waals surface area (Å²) in [5.74, 6) is -0.359. The van der Waals surface area contributed by atoms with Crippen LogP contribution < -0.4 is 4.74 Å². The number of esters is 2. The highest BCUT2D eigenvalue weighted by Crippen LogP contribution is 2.39. The van der Waals surface area contributed by atoms with Crippen molar-refractivity contribution in [3.63, 3.8) is 0 Å². The highest BCUT2D eigenvalue weighted by molar-refractivity contribution is 6.01. The van der Waals surface area contributed by atoms with E-state index in [1.165, 1.54) is 0 Å². The first-order valence-corrected chi connectivity index (χ1v) is 5.55. The molecular formula is C13H14O4. The molecule has 1 aliphatic rings. The lowest BCUT2D eigenvalue weighted by Gasteiger charge is -2.21. The van der Waals surface area contributed by atoms with Crippen LogP contribution in [0.2, 0.25) is 0 Å². The van der Waals surface area contributed by atoms with E-state index in [0.717, 1.165) is 0 Å². The van der Waals surface area contributed by atoms with Gasteiger partial charge in [-0.3, -0.25) is 9.59 Å². The summed E-state index contributed by atoms with van der Waals surface area (Å²) in [5, 5.41) is 0. The topological polar surface area (TPSA) is 52.6 Å². The van der Waals surface area contributed by atoms with Gasteiger partial charge in [-0.15, -0.1) is 0 Å². The summed E-state index contributed by atoms with van der Waals surface area (Å²) >= 11 is 0. The molecule has 0 saturated carbocycles. The Morgan fingerprint density at radius 1 is 1.35 bits per heavy atom. The van der Waals surface area contributed by atoms with Gasteiger partial charge < -0.3 is 9.47 Å². The molecule has 17 heavy (non-hydrogen) atoms. The molecule has 2 rings (SSSR count). The number of carbonyl (C=O) groups excluding carboxylic acids is 2. The van der Waals surface area contributed by atoms with E-state index in [4.69, 9.17) is 4.74 Å². The molecule has 0 amide bonds. The van der Waals surface area contributed by atoms with Gasteiger partial charge in [-0.05, 0) is 19.9 Å². The Bertz CT molecular complexity index is 466. The Labute approximate surface area is 99.5 Å². The van der Waals surface area contributed by atoms with Crippen molar-refractivity contribution in [3.05, 3.63) is 29.8 Å². The average molecular weight is 234 g/mol. The molecule has 4 nitrogen and oxygen atoms in total. The van der Waals surface area contributed by atoms with Crippen LogP contribution in [-0.2, 0) is 19.7 Å². The van der Waals surface area contributed by atoms with Crippen molar-refractivity contribution in [2.24, 2.45) is 0 Å². The first kappa shape index (κ1) is 11.6. The van der Waals surface area contributed by atoms with Gasteiger partial charge in [0.1, 0.15) is 11.2 Å². The Hall–Kier alpha value is -1.84. The number of ether oxygens (including phenoxy) is 2. The quantitative estimate of drug-likeness (QED) is 0.591. The number of cyclic esters (lactones) is 2. The highest BCUT2D eigenvalue weighted by atomic mass is 16.6. The molecule has 1 saturated heterocycles. The standard InChI is InChI=1S/C13H14O4/c1-3-16-10-7-5-4-6-9(10)13(2)8-11(14)17-12(13)15/h4-7H,3,8H2,1-2H3. The maximum atomic E-state index is 11.8. The molecule has 4 heteroatoms. The zero-order valence-corrected chi connectivity index (χ0v) is 9.86. The molecule has 90 valence electrons. The van der Waals surface area contributed by atoms with Crippen molar-refractivity contribution in [2.45, 2.75) is 25.7 Å². The largest absolute Gasteiger partial charge is 0.494 e. The molecule has 1 atom stereocenters. The average Bonchev–Trinajstić information content (AvgIpc) is 2.55. The van der Waals surface area contributed by atoms with E-state index in [1.807, 2.05) is 19.1 Å². The molecule has 1 unspecified atom stereocenters. The maximum Gasteiger partial charge on any atom is 0.324 e. The van der Waals surface area contributed by atoms with Gasteiger partial charge >= 0.3 is 11.9 Å². The van der Waals surface area contributed by atoms with Crippen LogP contribution in [0.25, 0.3) is 0 Å². The molecule has 1 aromatic rings. The van der Waals surface area contributed by atoms with Crippen LogP contribution in [-0.4, -0.2) is 18.5 Å². The van der Waals surface area contributed by atoms with Gasteiger partial charge in [0.25, 0.3) is 0 Å². The smallest absolute Gasteiger partial charge is 0.324 e. The van der Waals surface area contributed by atoms with Crippen molar-refractivity contribution < 1.29 is 19.1 Å². The van der Waals surface area contributed by atoms with E-state index in [9.17, 15) is 9.59 Å². The summed E-state index contributed by atoms with van der Waals surface area (Å²) in [6.07, 6.45) is 0.0654. The van der Waals surface area contributed by atoms with Crippen LogP contribution in [0.15, 0.2) is 24.3 Å². The molecule has 1 aromatic carbocycles. The third-order valence-electron chi connectivity index (χ3n) is 2.94. The van der Waals surface area contributed by atoms with Crippen molar-refractivity contribution in [3.8, 4) is 5.75 Å². The van der Waals surface area contributed by atoms with E-state index < -0.39 is 17.4 Å². The second-order valence-electron chi connectivity index (χ2n) is 4.20. The number of hydrogen-bond donors (Lipinski definition) is 0. The summed E-state index contributed by atoms with van der Waals surface area (Å²) in [5.41, 5.74) is -0.222. The minimum atomic E-state index is -0.928. The lowest BCUT2D eigenvalue weighted by molar-refractivity contribution is -0.153. The zero-order valence-electron chi connectivity index (χ0n) is 9.86. The molecule has 1 fully saturated rings. The molecule has 0 aliphatic carbocycles. The maximum absolute atomic E-state index is 11.8. The Morgan fingerprint density at radius 2 is 2.06 bits per heavy atom. The van der Waals surface area contributed by atoms with Crippen LogP contribution >= 0.6 is 0 Å². The van der Waals surface area contributed by atoms with Crippen LogP contribution in [0.5, 0.6) is 5.75 Å². The second-order valence-corrected chi connectivity index (χ2v) is 4.20. The van der Waals surface area contributed by atoms with Gasteiger partial charge in [-0.25, -0.2) is 0 Å². The van der Waals surface area contributed by atoms with E-state index in [-0.39, 0.29) is 6.42 Å². The van der Waals surface area contributed by atoms with Crippen molar-refractivity contribution in [1.82, 2.24) is 0 Å². The first-order valence-electron chi connectivity index (χ1n) is 5.55. The highest BCUT2D eigenvalue weighted by Gasteiger charge is 2.48. The SMILES string of the molecule is CCOc1ccccc1C1(C)CC(=O)OC1=O. The van der Waals surface area contributed by atoms with Crippen molar-refractivity contribution >= 4 is 11.9 Å². The molecule has 0 bridgehead atoms. The lowest BCUT2D eigenvalue weighted by Crippen LogP contribution is -2.28. The lowest BCUT2D eigenvalue weighted by atomic mass is 9.80. The molecular weight excluding hydrogens is 220 g/mol. The minimum Gasteiger partial charge on any atom is -0.494 e. The number of rotatable bonds is 3. The molecule has 1 aliphatic heterocycles. The van der Waals surface area contributed by atoms with Gasteiger partial charge in [-0.2, -0.15) is 0 Å². The summed E-state index contributed by atoms with van der Waals surface area (Å²) in [6.45, 7) is 4.09. The third kappa shape index (κ3) is 1.90. The van der Waals surface area contributed by atoms with Gasteiger partial charge in [0.2, 0.25) is 0 Å². The Morgan fingerprint density at radius 3 is 2.65 bits per heavy atom. The predicted octanol–water partition coefficient (Wildman–Crippen LogP) is 1.82. The van der Waals surface area contributed by atoms with Crippen LogP contribution in [0, 0.1) is 0 Å². The fourth-order valence-corrected chi connectivity index (χ4v) is 2.02. The number of benzene rings is 1. The minimum absolute atomic E-state index is 0.0654. The third-order valence-corrected chi connectivity index (χ3v) is 2.94. The normalized spacial score (nSPS) is 23.6. The van der Waals surface area contributed by atoms with E-state index in [1.54, 1.807) is 19.1 Å². The summed E-state index contributed by atoms with van der Waals surface area (Å²) in [4.78, 5) is 23.0. The van der Waals surface area contributed by atoms with Gasteiger partial charge in [0.05, 0.1) is 13.0 Å². The number of carbonyl (C=O) groups is 2. The summed E-state index contributed by atoms with van der Waals surface area (Å²) in [7, 11) is 0. The molecule has 0 N–H and O–H groups in total. The monoisotopic (exact) mass is 234 g/mol. The molecule has 1 heterocycles. The predicted molar refractivity (Wildman–Crippen MR) is 60.7 cm³/mol. The van der Waals surface area contributed by atoms with E-state index in [2.05, 4.69) is 4.74 Å². The van der Waals surface area contributed by atoms with Gasteiger partial charge in [0, 0.05) is 5.56 Å². The molecule has 0 aromatic heterocycles. The van der Waals surface area contributed by atoms with Crippen LogP contribution in [0.3, 0.4) is 0 Å². The Kier molecular flexibility index (Phi) is 2.88. The molecule has 0 radical (unpaired) electrons. The van der Waals surface area contributed by atoms with Crippen molar-refractivity contribution in [2.75, 3.05) is 6.61 Å². The number of para-hydroxylation sites is 1. The summed E-state index contributed by atoms with van der Waals surface area (Å²) < 4.78 is 10.1. The Balaban J connectivity index is 2.46. The molecule has 0 spiro atoms. The summed E-state index contributed by atoms with van der Waals surface area (Å²) in [6, 6.07) is 7.24. The van der Waals surface area contributed by atoms with E-state index >= 15 is 0 Å².